The smallest absolute Gasteiger partial charge is 0.407 e. The Kier molecular flexibility index (Phi) is 4.52. The molecule has 2 unspecified atom stereocenters. The number of aromatic nitrogens is 4. The van der Waals surface area contributed by atoms with Gasteiger partial charge in [0.1, 0.15) is 6.04 Å². The summed E-state index contributed by atoms with van der Waals surface area (Å²) in [5.41, 5.74) is 0.755. The van der Waals surface area contributed by atoms with Crippen LogP contribution in [-0.4, -0.2) is 33.3 Å². The summed E-state index contributed by atoms with van der Waals surface area (Å²) in [6, 6.07) is 6.78. The second-order valence-electron chi connectivity index (χ2n) is 4.13. The lowest BCUT2D eigenvalue weighted by atomic mass is 10.0. The highest BCUT2D eigenvalue weighted by Crippen LogP contribution is 2.30. The molecular formula is C12H14ClN5O2. The number of rotatable bonds is 4. The van der Waals surface area contributed by atoms with E-state index in [9.17, 15) is 4.79 Å². The van der Waals surface area contributed by atoms with E-state index in [4.69, 9.17) is 16.3 Å². The first-order valence-electron chi connectivity index (χ1n) is 5.98. The minimum atomic E-state index is -0.581. The quantitative estimate of drug-likeness (QED) is 0.932. The number of nitrogens with one attached hydrogen (secondary N) is 1. The van der Waals surface area contributed by atoms with Crippen LogP contribution in [0.4, 0.5) is 4.79 Å². The molecule has 0 saturated carbocycles. The number of ether oxygens (including phenoxy) is 1. The normalized spacial score (nSPS) is 13.6. The minimum Gasteiger partial charge on any atom is -0.439 e. The van der Waals surface area contributed by atoms with E-state index in [-0.39, 0.29) is 6.04 Å². The predicted molar refractivity (Wildman–Crippen MR) is 72.3 cm³/mol. The second kappa shape index (κ2) is 6.33. The Labute approximate surface area is 120 Å². The molecule has 8 heteroatoms. The molecule has 0 bridgehead atoms. The zero-order valence-electron chi connectivity index (χ0n) is 11.0. The van der Waals surface area contributed by atoms with E-state index >= 15 is 0 Å². The molecule has 1 aromatic heterocycles. The average molecular weight is 296 g/mol. The molecular weight excluding hydrogens is 282 g/mol. The van der Waals surface area contributed by atoms with Crippen LogP contribution >= 0.6 is 11.6 Å². The van der Waals surface area contributed by atoms with Gasteiger partial charge in [0.05, 0.1) is 0 Å². The fourth-order valence-corrected chi connectivity index (χ4v) is 1.98. The number of alkyl carbamates (subject to hydrolysis) is 1. The third-order valence-electron chi connectivity index (χ3n) is 2.78. The third kappa shape index (κ3) is 3.24. The van der Waals surface area contributed by atoms with Crippen molar-refractivity contribution in [2.45, 2.75) is 19.1 Å². The van der Waals surface area contributed by atoms with Gasteiger partial charge in [-0.25, -0.2) is 4.79 Å². The van der Waals surface area contributed by atoms with Crippen LogP contribution in [0.5, 0.6) is 0 Å². The maximum absolute atomic E-state index is 11.5. The van der Waals surface area contributed by atoms with E-state index in [2.05, 4.69) is 20.7 Å². The largest absolute Gasteiger partial charge is 0.439 e. The van der Waals surface area contributed by atoms with E-state index in [1.54, 1.807) is 18.2 Å². The Morgan fingerprint density at radius 2 is 2.30 bits per heavy atom. The van der Waals surface area contributed by atoms with Gasteiger partial charge in [0.15, 0.2) is 12.4 Å². The number of amides is 1. The SMILES string of the molecule is CNC(=O)OC(c1cccc(Cl)c1)C(C)n1ncnn1. The molecule has 0 aliphatic carbocycles. The van der Waals surface area contributed by atoms with Crippen molar-refractivity contribution in [2.75, 3.05) is 7.05 Å². The van der Waals surface area contributed by atoms with Gasteiger partial charge in [0.2, 0.25) is 0 Å². The number of benzene rings is 1. The third-order valence-corrected chi connectivity index (χ3v) is 3.02. The topological polar surface area (TPSA) is 81.9 Å². The van der Waals surface area contributed by atoms with Crippen molar-refractivity contribution in [2.24, 2.45) is 0 Å². The summed E-state index contributed by atoms with van der Waals surface area (Å²) in [4.78, 5) is 12.9. The van der Waals surface area contributed by atoms with Crippen LogP contribution in [0.25, 0.3) is 0 Å². The molecule has 1 aromatic carbocycles. The Morgan fingerprint density at radius 3 is 2.90 bits per heavy atom. The molecule has 20 heavy (non-hydrogen) atoms. The van der Waals surface area contributed by atoms with Gasteiger partial charge in [0, 0.05) is 12.1 Å². The zero-order chi connectivity index (χ0) is 14.5. The monoisotopic (exact) mass is 295 g/mol. The molecule has 7 nitrogen and oxygen atoms in total. The van der Waals surface area contributed by atoms with Gasteiger partial charge < -0.3 is 10.1 Å². The van der Waals surface area contributed by atoms with E-state index in [0.717, 1.165) is 5.56 Å². The van der Waals surface area contributed by atoms with Gasteiger partial charge >= 0.3 is 6.09 Å². The summed E-state index contributed by atoms with van der Waals surface area (Å²) in [5, 5.41) is 14.4. The number of carbonyl (C=O) groups excluding carboxylic acids is 1. The molecule has 2 atom stereocenters. The zero-order valence-corrected chi connectivity index (χ0v) is 11.8. The van der Waals surface area contributed by atoms with Crippen LogP contribution < -0.4 is 5.32 Å². The van der Waals surface area contributed by atoms with Crippen LogP contribution in [0.1, 0.15) is 24.6 Å². The van der Waals surface area contributed by atoms with Crippen LogP contribution in [-0.2, 0) is 4.74 Å². The molecule has 2 rings (SSSR count). The highest BCUT2D eigenvalue weighted by Gasteiger charge is 2.26. The lowest BCUT2D eigenvalue weighted by Crippen LogP contribution is -2.27. The minimum absolute atomic E-state index is 0.326. The van der Waals surface area contributed by atoms with Gasteiger partial charge in [-0.2, -0.15) is 4.80 Å². The summed E-state index contributed by atoms with van der Waals surface area (Å²) < 4.78 is 5.39. The summed E-state index contributed by atoms with van der Waals surface area (Å²) in [6.07, 6.45) is 0.204. The van der Waals surface area contributed by atoms with E-state index in [1.807, 2.05) is 13.0 Å². The van der Waals surface area contributed by atoms with E-state index in [1.165, 1.54) is 18.2 Å². The standard InChI is InChI=1S/C12H14ClN5O2/c1-8(18-16-7-15-17-18)11(20-12(19)14-2)9-4-3-5-10(13)6-9/h3-8,11H,1-2H3,(H,14,19). The Bertz CT molecular complexity index is 575. The van der Waals surface area contributed by atoms with Crippen molar-refractivity contribution in [1.29, 1.82) is 0 Å². The Balaban J connectivity index is 2.31. The van der Waals surface area contributed by atoms with Gasteiger partial charge in [0.25, 0.3) is 0 Å². The number of nitrogens with zero attached hydrogens (tertiary/aromatic N) is 4. The average Bonchev–Trinajstić information content (AvgIpc) is 2.97. The van der Waals surface area contributed by atoms with Crippen molar-refractivity contribution in [3.05, 3.63) is 41.2 Å². The molecule has 1 N–H and O–H groups in total. The highest BCUT2D eigenvalue weighted by molar-refractivity contribution is 6.30. The van der Waals surface area contributed by atoms with Crippen LogP contribution in [0.15, 0.2) is 30.6 Å². The number of carbonyl (C=O) groups is 1. The molecule has 1 heterocycles. The van der Waals surface area contributed by atoms with Crippen LogP contribution in [0.3, 0.4) is 0 Å². The van der Waals surface area contributed by atoms with Gasteiger partial charge in [-0.15, -0.1) is 10.2 Å². The fraction of sp³-hybridized carbons (Fsp3) is 0.333. The predicted octanol–water partition coefficient (Wildman–Crippen LogP) is 1.98. The maximum atomic E-state index is 11.5. The van der Waals surface area contributed by atoms with Crippen LogP contribution in [0, 0.1) is 0 Å². The summed E-state index contributed by atoms with van der Waals surface area (Å²) >= 11 is 5.98. The molecule has 2 aromatic rings. The molecule has 1 amide bonds. The van der Waals surface area contributed by atoms with Gasteiger partial charge in [-0.05, 0) is 29.8 Å². The lowest BCUT2D eigenvalue weighted by molar-refractivity contribution is 0.0622. The fourth-order valence-electron chi connectivity index (χ4n) is 1.79. The van der Waals surface area contributed by atoms with Crippen LogP contribution in [0.2, 0.25) is 5.02 Å². The summed E-state index contributed by atoms with van der Waals surface area (Å²) in [6.45, 7) is 1.83. The second-order valence-corrected chi connectivity index (χ2v) is 4.56. The lowest BCUT2D eigenvalue weighted by Gasteiger charge is -2.23. The van der Waals surface area contributed by atoms with Crippen molar-refractivity contribution < 1.29 is 9.53 Å². The van der Waals surface area contributed by atoms with Crippen molar-refractivity contribution in [1.82, 2.24) is 25.5 Å². The summed E-state index contributed by atoms with van der Waals surface area (Å²) in [5.74, 6) is 0. The number of hydrogen-bond donors (Lipinski definition) is 1. The number of halogens is 1. The van der Waals surface area contributed by atoms with Crippen molar-refractivity contribution in [3.8, 4) is 0 Å². The van der Waals surface area contributed by atoms with E-state index < -0.39 is 12.2 Å². The first-order valence-corrected chi connectivity index (χ1v) is 6.36. The van der Waals surface area contributed by atoms with E-state index in [0.29, 0.717) is 5.02 Å². The first kappa shape index (κ1) is 14.3. The van der Waals surface area contributed by atoms with Gasteiger partial charge in [-0.3, -0.25) is 0 Å². The summed E-state index contributed by atoms with van der Waals surface area (Å²) in [7, 11) is 1.50. The first-order chi connectivity index (χ1) is 9.61. The molecule has 0 radical (unpaired) electrons. The molecule has 0 saturated heterocycles. The number of hydrogen-bond acceptors (Lipinski definition) is 5. The van der Waals surface area contributed by atoms with Crippen molar-refractivity contribution >= 4 is 17.7 Å². The molecule has 0 aliphatic rings. The van der Waals surface area contributed by atoms with Crippen molar-refractivity contribution in [3.63, 3.8) is 0 Å². The number of tetrazole rings is 1. The Morgan fingerprint density at radius 1 is 1.50 bits per heavy atom. The molecule has 0 aliphatic heterocycles. The molecule has 0 spiro atoms. The maximum Gasteiger partial charge on any atom is 0.407 e. The Hall–Kier alpha value is -2.15. The van der Waals surface area contributed by atoms with Gasteiger partial charge in [-0.1, -0.05) is 23.7 Å². The molecule has 0 fully saturated rings. The highest BCUT2D eigenvalue weighted by atomic mass is 35.5. The molecule has 106 valence electrons.